The molecule has 1 aromatic heterocycles. The van der Waals surface area contributed by atoms with Gasteiger partial charge in [-0.1, -0.05) is 37.8 Å². The number of piperidine rings is 1. The van der Waals surface area contributed by atoms with Crippen molar-refractivity contribution >= 4 is 14.0 Å². The number of rotatable bonds is 9. The minimum Gasteiger partial charge on any atom is -0.388 e. The average molecular weight is 432 g/mol. The van der Waals surface area contributed by atoms with Gasteiger partial charge in [0.2, 0.25) is 0 Å². The Morgan fingerprint density at radius 1 is 1.23 bits per heavy atom. The molecule has 1 atom stereocenters. The number of benzene rings is 1. The number of hydrogen-bond donors (Lipinski definition) is 1. The molecule has 0 bridgehead atoms. The second-order valence-electron chi connectivity index (χ2n) is 9.12. The Labute approximate surface area is 179 Å². The van der Waals surface area contributed by atoms with E-state index in [1.165, 1.54) is 0 Å². The molecule has 2 aromatic rings. The van der Waals surface area contributed by atoms with Gasteiger partial charge in [-0.05, 0) is 36.9 Å². The summed E-state index contributed by atoms with van der Waals surface area (Å²) in [5, 5.41) is 16.8. The molecule has 8 heteroatoms. The summed E-state index contributed by atoms with van der Waals surface area (Å²) in [7, 11) is -1.10. The first kappa shape index (κ1) is 22.7. The Kier molecular flexibility index (Phi) is 7.82. The first-order valence-corrected chi connectivity index (χ1v) is 14.3. The van der Waals surface area contributed by atoms with Crippen LogP contribution in [0.25, 0.3) is 0 Å². The lowest BCUT2D eigenvalue weighted by atomic mass is 9.89. The minimum absolute atomic E-state index is 0.113. The van der Waals surface area contributed by atoms with Crippen molar-refractivity contribution in [1.82, 2.24) is 14.8 Å². The number of carbonyl (C=O) groups is 1. The van der Waals surface area contributed by atoms with Gasteiger partial charge in [0, 0.05) is 39.5 Å². The highest BCUT2D eigenvalue weighted by Crippen LogP contribution is 2.30. The Morgan fingerprint density at radius 2 is 1.93 bits per heavy atom. The van der Waals surface area contributed by atoms with Crippen LogP contribution in [0.3, 0.4) is 0 Å². The van der Waals surface area contributed by atoms with Crippen molar-refractivity contribution in [3.63, 3.8) is 0 Å². The van der Waals surface area contributed by atoms with Gasteiger partial charge in [0.25, 0.3) is 0 Å². The van der Waals surface area contributed by atoms with Gasteiger partial charge in [0.15, 0.2) is 0 Å². The summed E-state index contributed by atoms with van der Waals surface area (Å²) >= 11 is 0. The molecule has 0 saturated carbocycles. The third kappa shape index (κ3) is 6.77. The molecule has 7 nitrogen and oxygen atoms in total. The molecule has 0 radical (unpaired) electrons. The number of hydrogen-bond acceptors (Lipinski definition) is 6. The Bertz CT molecular complexity index is 798. The third-order valence-corrected chi connectivity index (χ3v) is 7.09. The standard InChI is InChI=1S/C22H33N3O4Si/c1-30(2,3)14-13-28-17-24-16-20(15-23-24)21(26)18-9-11-25(12-10-18)29-22(27)19-7-5-4-6-8-19/h4-8,15-16,18,21,26H,9-14,17H2,1-3H3. The summed E-state index contributed by atoms with van der Waals surface area (Å²) in [4.78, 5) is 17.7. The Balaban J connectivity index is 1.42. The molecular formula is C22H33N3O4Si. The fourth-order valence-corrected chi connectivity index (χ4v) is 4.20. The molecule has 0 aliphatic carbocycles. The van der Waals surface area contributed by atoms with Crippen LogP contribution in [0.1, 0.15) is 34.9 Å². The lowest BCUT2D eigenvalue weighted by Gasteiger charge is -2.32. The molecule has 30 heavy (non-hydrogen) atoms. The molecular weight excluding hydrogens is 398 g/mol. The third-order valence-electron chi connectivity index (χ3n) is 5.38. The zero-order valence-corrected chi connectivity index (χ0v) is 19.2. The number of carbonyl (C=O) groups excluding carboxylic acids is 1. The molecule has 1 unspecified atom stereocenters. The largest absolute Gasteiger partial charge is 0.388 e. The van der Waals surface area contributed by atoms with Crippen molar-refractivity contribution in [2.75, 3.05) is 19.7 Å². The highest BCUT2D eigenvalue weighted by Gasteiger charge is 2.29. The summed E-state index contributed by atoms with van der Waals surface area (Å²) in [6, 6.07) is 10.1. The van der Waals surface area contributed by atoms with Gasteiger partial charge < -0.3 is 14.7 Å². The van der Waals surface area contributed by atoms with E-state index in [1.54, 1.807) is 28.1 Å². The van der Waals surface area contributed by atoms with E-state index in [1.807, 2.05) is 24.4 Å². The molecule has 0 amide bonds. The number of aliphatic hydroxyl groups is 1. The molecule has 3 rings (SSSR count). The molecule has 0 spiro atoms. The highest BCUT2D eigenvalue weighted by molar-refractivity contribution is 6.76. The quantitative estimate of drug-likeness (QED) is 0.482. The van der Waals surface area contributed by atoms with Gasteiger partial charge in [-0.3, -0.25) is 0 Å². The van der Waals surface area contributed by atoms with E-state index in [9.17, 15) is 9.90 Å². The number of aliphatic hydroxyl groups excluding tert-OH is 1. The van der Waals surface area contributed by atoms with Crippen LogP contribution in [0.5, 0.6) is 0 Å². The van der Waals surface area contributed by atoms with E-state index in [0.29, 0.717) is 25.4 Å². The summed E-state index contributed by atoms with van der Waals surface area (Å²) < 4.78 is 7.46. The van der Waals surface area contributed by atoms with E-state index < -0.39 is 14.2 Å². The van der Waals surface area contributed by atoms with Crippen molar-refractivity contribution in [1.29, 1.82) is 0 Å². The SMILES string of the molecule is C[Si](C)(C)CCOCn1cc(C(O)C2CCN(OC(=O)c3ccccc3)CC2)cn1. The van der Waals surface area contributed by atoms with Crippen LogP contribution in [-0.2, 0) is 16.3 Å². The zero-order valence-electron chi connectivity index (χ0n) is 18.2. The lowest BCUT2D eigenvalue weighted by molar-refractivity contribution is -0.132. The first-order valence-electron chi connectivity index (χ1n) is 10.6. The molecule has 1 fully saturated rings. The molecule has 1 N–H and O–H groups in total. The smallest absolute Gasteiger partial charge is 0.357 e. The zero-order chi connectivity index (χ0) is 21.6. The van der Waals surface area contributed by atoms with Crippen molar-refractivity contribution in [2.24, 2.45) is 5.92 Å². The molecule has 1 aromatic carbocycles. The fourth-order valence-electron chi connectivity index (χ4n) is 3.44. The maximum atomic E-state index is 12.2. The number of aromatic nitrogens is 2. The van der Waals surface area contributed by atoms with Crippen molar-refractivity contribution in [2.45, 2.75) is 51.4 Å². The molecule has 164 valence electrons. The molecule has 1 aliphatic heterocycles. The van der Waals surface area contributed by atoms with Gasteiger partial charge in [-0.15, -0.1) is 5.06 Å². The van der Waals surface area contributed by atoms with Gasteiger partial charge in [-0.2, -0.15) is 5.10 Å². The van der Waals surface area contributed by atoms with Crippen molar-refractivity contribution in [3.05, 3.63) is 53.9 Å². The topological polar surface area (TPSA) is 76.8 Å². The summed E-state index contributed by atoms with van der Waals surface area (Å²) in [6.45, 7) is 9.34. The van der Waals surface area contributed by atoms with E-state index in [-0.39, 0.29) is 11.9 Å². The van der Waals surface area contributed by atoms with E-state index in [4.69, 9.17) is 9.57 Å². The summed E-state index contributed by atoms with van der Waals surface area (Å²) in [5.41, 5.74) is 1.35. The first-order chi connectivity index (χ1) is 14.3. The van der Waals surface area contributed by atoms with Crippen LogP contribution in [0.4, 0.5) is 0 Å². The Hall–Kier alpha value is -2.00. The average Bonchev–Trinajstić information content (AvgIpc) is 3.20. The van der Waals surface area contributed by atoms with Crippen molar-refractivity contribution < 1.29 is 19.5 Å². The van der Waals surface area contributed by atoms with E-state index in [2.05, 4.69) is 24.7 Å². The molecule has 2 heterocycles. The molecule has 1 saturated heterocycles. The summed E-state index contributed by atoms with van der Waals surface area (Å²) in [6.07, 6.45) is 4.50. The van der Waals surface area contributed by atoms with E-state index in [0.717, 1.165) is 31.1 Å². The van der Waals surface area contributed by atoms with E-state index >= 15 is 0 Å². The molecule has 1 aliphatic rings. The maximum Gasteiger partial charge on any atom is 0.357 e. The number of hydroxylamine groups is 2. The summed E-state index contributed by atoms with van der Waals surface area (Å²) in [5.74, 6) is -0.230. The second-order valence-corrected chi connectivity index (χ2v) is 14.7. The van der Waals surface area contributed by atoms with Crippen LogP contribution in [-0.4, -0.2) is 53.7 Å². The van der Waals surface area contributed by atoms with Crippen LogP contribution in [0.2, 0.25) is 25.7 Å². The van der Waals surface area contributed by atoms with Gasteiger partial charge in [-0.25, -0.2) is 9.48 Å². The van der Waals surface area contributed by atoms with Crippen LogP contribution >= 0.6 is 0 Å². The predicted molar refractivity (Wildman–Crippen MR) is 117 cm³/mol. The number of nitrogens with zero attached hydrogens (tertiary/aromatic N) is 3. The predicted octanol–water partition coefficient (Wildman–Crippen LogP) is 3.71. The Morgan fingerprint density at radius 3 is 2.60 bits per heavy atom. The monoisotopic (exact) mass is 431 g/mol. The second kappa shape index (κ2) is 10.3. The van der Waals surface area contributed by atoms with Gasteiger partial charge in [0.05, 0.1) is 17.9 Å². The minimum atomic E-state index is -1.10. The van der Waals surface area contributed by atoms with Crippen LogP contribution in [0.15, 0.2) is 42.7 Å². The fraction of sp³-hybridized carbons (Fsp3) is 0.545. The van der Waals surface area contributed by atoms with Crippen molar-refractivity contribution in [3.8, 4) is 0 Å². The van der Waals surface area contributed by atoms with Gasteiger partial charge >= 0.3 is 5.97 Å². The normalized spacial score (nSPS) is 17.1. The lowest BCUT2D eigenvalue weighted by Crippen LogP contribution is -2.37. The number of ether oxygens (including phenoxy) is 1. The highest BCUT2D eigenvalue weighted by atomic mass is 28.3. The van der Waals surface area contributed by atoms with Crippen LogP contribution < -0.4 is 0 Å². The van der Waals surface area contributed by atoms with Gasteiger partial charge in [0.1, 0.15) is 6.73 Å². The maximum absolute atomic E-state index is 12.2. The van der Waals surface area contributed by atoms with Crippen LogP contribution in [0, 0.1) is 5.92 Å².